The fraction of sp³-hybridized carbons (Fsp3) is 0.440. The van der Waals surface area contributed by atoms with E-state index in [1.807, 2.05) is 44.2 Å². The summed E-state index contributed by atoms with van der Waals surface area (Å²) in [5.41, 5.74) is 1.23. The Balaban J connectivity index is 2.34. The van der Waals surface area contributed by atoms with E-state index in [0.717, 1.165) is 29.0 Å². The Morgan fingerprint density at radius 1 is 1.03 bits per heavy atom. The van der Waals surface area contributed by atoms with Gasteiger partial charge >= 0.3 is 0 Å². The van der Waals surface area contributed by atoms with Crippen molar-refractivity contribution in [2.45, 2.75) is 45.6 Å². The molecule has 0 saturated heterocycles. The lowest BCUT2D eigenvalue weighted by Gasteiger charge is -2.33. The molecule has 2 aromatic rings. The quantitative estimate of drug-likeness (QED) is 0.377. The lowest BCUT2D eigenvalue weighted by atomic mass is 10.1. The summed E-state index contributed by atoms with van der Waals surface area (Å²) in [7, 11) is -3.83. The Morgan fingerprint density at radius 2 is 1.71 bits per heavy atom. The average molecular weight is 543 g/mol. The minimum Gasteiger partial charge on any atom is -0.354 e. The molecule has 2 amide bonds. The molecule has 0 bridgehead atoms. The van der Waals surface area contributed by atoms with Gasteiger partial charge < -0.3 is 10.2 Å². The van der Waals surface area contributed by atoms with Crippen LogP contribution in [0.2, 0.25) is 10.0 Å². The summed E-state index contributed by atoms with van der Waals surface area (Å²) in [5.74, 6) is -0.724. The molecule has 192 valence electrons. The van der Waals surface area contributed by atoms with Crippen LogP contribution in [0.4, 0.5) is 5.69 Å². The van der Waals surface area contributed by atoms with E-state index in [1.165, 1.54) is 23.1 Å². The summed E-state index contributed by atoms with van der Waals surface area (Å²) in [6.45, 7) is 4.18. The van der Waals surface area contributed by atoms with Crippen LogP contribution >= 0.6 is 23.2 Å². The van der Waals surface area contributed by atoms with Crippen molar-refractivity contribution >= 4 is 50.7 Å². The van der Waals surface area contributed by atoms with Crippen LogP contribution in [0.15, 0.2) is 48.5 Å². The van der Waals surface area contributed by atoms with E-state index >= 15 is 0 Å². The second kappa shape index (κ2) is 13.7. The number of rotatable bonds is 13. The van der Waals surface area contributed by atoms with Crippen LogP contribution < -0.4 is 9.62 Å². The topological polar surface area (TPSA) is 86.8 Å². The van der Waals surface area contributed by atoms with Crippen molar-refractivity contribution < 1.29 is 18.0 Å². The Hall–Kier alpha value is -2.29. The number of halogens is 2. The predicted molar refractivity (Wildman–Crippen MR) is 143 cm³/mol. The molecule has 0 heterocycles. The van der Waals surface area contributed by atoms with E-state index in [9.17, 15) is 18.0 Å². The van der Waals surface area contributed by atoms with Crippen molar-refractivity contribution in [2.24, 2.45) is 0 Å². The summed E-state index contributed by atoms with van der Waals surface area (Å²) in [6.07, 6.45) is 3.70. The van der Waals surface area contributed by atoms with Gasteiger partial charge in [-0.2, -0.15) is 0 Å². The first kappa shape index (κ1) is 28.9. The zero-order chi connectivity index (χ0) is 26.0. The molecular formula is C25H33Cl2N3O4S. The fourth-order valence-electron chi connectivity index (χ4n) is 3.66. The van der Waals surface area contributed by atoms with Gasteiger partial charge in [0, 0.05) is 13.1 Å². The van der Waals surface area contributed by atoms with Crippen LogP contribution in [-0.2, 0) is 26.0 Å². The molecule has 0 fully saturated rings. The highest BCUT2D eigenvalue weighted by atomic mass is 35.5. The lowest BCUT2D eigenvalue weighted by Crippen LogP contribution is -2.53. The number of hydrogen-bond donors (Lipinski definition) is 1. The summed E-state index contributed by atoms with van der Waals surface area (Å²) < 4.78 is 26.2. The van der Waals surface area contributed by atoms with E-state index in [-0.39, 0.29) is 28.2 Å². The number of sulfonamides is 1. The number of nitrogens with zero attached hydrogens (tertiary/aromatic N) is 2. The smallest absolute Gasteiger partial charge is 0.244 e. The van der Waals surface area contributed by atoms with Crippen molar-refractivity contribution in [2.75, 3.05) is 30.2 Å². The average Bonchev–Trinajstić information content (AvgIpc) is 2.82. The molecule has 1 atom stereocenters. The molecule has 1 unspecified atom stereocenters. The molecule has 0 radical (unpaired) electrons. The molecule has 7 nitrogen and oxygen atoms in total. The van der Waals surface area contributed by atoms with Gasteiger partial charge in [-0.1, -0.05) is 73.8 Å². The first-order valence-corrected chi connectivity index (χ1v) is 14.2. The SMILES string of the molecule is CCCCNC(=O)C(CC)N(CCc1ccccc1)C(=O)CN(c1ccc(Cl)c(Cl)c1)S(C)(=O)=O. The van der Waals surface area contributed by atoms with E-state index in [4.69, 9.17) is 23.2 Å². The summed E-state index contributed by atoms with van der Waals surface area (Å²) >= 11 is 12.1. The highest BCUT2D eigenvalue weighted by molar-refractivity contribution is 7.92. The maximum absolute atomic E-state index is 13.6. The third-order valence-corrected chi connectivity index (χ3v) is 7.45. The van der Waals surface area contributed by atoms with Gasteiger partial charge in [0.15, 0.2) is 0 Å². The monoisotopic (exact) mass is 541 g/mol. The molecule has 2 rings (SSSR count). The van der Waals surface area contributed by atoms with Gasteiger partial charge in [0.2, 0.25) is 21.8 Å². The van der Waals surface area contributed by atoms with E-state index < -0.39 is 28.5 Å². The Bertz CT molecular complexity index is 1100. The predicted octanol–water partition coefficient (Wildman–Crippen LogP) is 4.53. The zero-order valence-corrected chi connectivity index (χ0v) is 22.7. The Kier molecular flexibility index (Phi) is 11.3. The number of carbonyl (C=O) groups is 2. The first-order valence-electron chi connectivity index (χ1n) is 11.6. The first-order chi connectivity index (χ1) is 16.6. The molecule has 0 spiro atoms. The van der Waals surface area contributed by atoms with Crippen LogP contribution in [-0.4, -0.2) is 57.1 Å². The highest BCUT2D eigenvalue weighted by Crippen LogP contribution is 2.28. The summed E-state index contributed by atoms with van der Waals surface area (Å²) in [5, 5.41) is 3.35. The lowest BCUT2D eigenvalue weighted by molar-refractivity contribution is -0.139. The normalized spacial score (nSPS) is 12.1. The van der Waals surface area contributed by atoms with E-state index in [1.54, 1.807) is 0 Å². The third-order valence-electron chi connectivity index (χ3n) is 5.57. The number of hydrogen-bond acceptors (Lipinski definition) is 4. The van der Waals surface area contributed by atoms with Crippen molar-refractivity contribution in [3.8, 4) is 0 Å². The highest BCUT2D eigenvalue weighted by Gasteiger charge is 2.31. The maximum atomic E-state index is 13.6. The number of anilines is 1. The van der Waals surface area contributed by atoms with Crippen LogP contribution in [0, 0.1) is 0 Å². The fourth-order valence-corrected chi connectivity index (χ4v) is 4.79. The summed E-state index contributed by atoms with van der Waals surface area (Å²) in [4.78, 5) is 28.0. The van der Waals surface area contributed by atoms with Crippen LogP contribution in [0.3, 0.4) is 0 Å². The van der Waals surface area contributed by atoms with Crippen molar-refractivity contribution in [3.05, 3.63) is 64.1 Å². The van der Waals surface area contributed by atoms with Crippen LogP contribution in [0.25, 0.3) is 0 Å². The molecule has 10 heteroatoms. The molecule has 0 aliphatic heterocycles. The molecule has 0 saturated carbocycles. The number of benzene rings is 2. The van der Waals surface area contributed by atoms with Gasteiger partial charge in [-0.15, -0.1) is 0 Å². The van der Waals surface area contributed by atoms with Gasteiger partial charge in [-0.3, -0.25) is 13.9 Å². The van der Waals surface area contributed by atoms with Gasteiger partial charge in [-0.25, -0.2) is 8.42 Å². The number of carbonyl (C=O) groups excluding carboxylic acids is 2. The standard InChI is InChI=1S/C25H33Cl2N3O4S/c1-4-6-15-28-25(32)23(5-2)29(16-14-19-10-8-7-9-11-19)24(31)18-30(35(3,33)34)20-12-13-21(26)22(27)17-20/h7-13,17,23H,4-6,14-16,18H2,1-3H3,(H,28,32). The van der Waals surface area contributed by atoms with Crippen LogP contribution in [0.1, 0.15) is 38.7 Å². The molecular weight excluding hydrogens is 509 g/mol. The molecule has 2 aromatic carbocycles. The maximum Gasteiger partial charge on any atom is 0.244 e. The second-order valence-electron chi connectivity index (χ2n) is 8.26. The minimum atomic E-state index is -3.83. The largest absolute Gasteiger partial charge is 0.354 e. The van der Waals surface area contributed by atoms with Gasteiger partial charge in [0.25, 0.3) is 0 Å². The van der Waals surface area contributed by atoms with E-state index in [2.05, 4.69) is 5.32 Å². The third kappa shape index (κ3) is 8.70. The van der Waals surface area contributed by atoms with Crippen molar-refractivity contribution in [1.82, 2.24) is 10.2 Å². The molecule has 1 N–H and O–H groups in total. The van der Waals surface area contributed by atoms with E-state index in [0.29, 0.717) is 19.4 Å². The zero-order valence-electron chi connectivity index (χ0n) is 20.3. The Labute approximate surface area is 218 Å². The number of amides is 2. The minimum absolute atomic E-state index is 0.174. The van der Waals surface area contributed by atoms with Crippen molar-refractivity contribution in [3.63, 3.8) is 0 Å². The van der Waals surface area contributed by atoms with Crippen molar-refractivity contribution in [1.29, 1.82) is 0 Å². The molecule has 35 heavy (non-hydrogen) atoms. The van der Waals surface area contributed by atoms with Gasteiger partial charge in [-0.05, 0) is 43.0 Å². The molecule has 0 aromatic heterocycles. The van der Waals surface area contributed by atoms with Crippen LogP contribution in [0.5, 0.6) is 0 Å². The molecule has 0 aliphatic rings. The van der Waals surface area contributed by atoms with Gasteiger partial charge in [0.1, 0.15) is 12.6 Å². The van der Waals surface area contributed by atoms with Gasteiger partial charge in [0.05, 0.1) is 22.0 Å². The second-order valence-corrected chi connectivity index (χ2v) is 11.0. The Morgan fingerprint density at radius 3 is 2.29 bits per heavy atom. The number of unbranched alkanes of at least 4 members (excludes halogenated alkanes) is 1. The summed E-state index contributed by atoms with van der Waals surface area (Å²) in [6, 6.07) is 13.3. The molecule has 0 aliphatic carbocycles. The number of nitrogens with one attached hydrogen (secondary N) is 1.